The highest BCUT2D eigenvalue weighted by Gasteiger charge is 2.64. The lowest BCUT2D eigenvalue weighted by atomic mass is 10.2. The highest BCUT2D eigenvalue weighted by molar-refractivity contribution is 5.95. The maximum Gasteiger partial charge on any atom is 0.411 e. The van der Waals surface area contributed by atoms with Crippen molar-refractivity contribution in [1.29, 1.82) is 0 Å². The molecule has 1 fully saturated rings. The average Bonchev–Trinajstić information content (AvgIpc) is 2.98. The van der Waals surface area contributed by atoms with Crippen molar-refractivity contribution in [3.63, 3.8) is 0 Å². The highest BCUT2D eigenvalue weighted by Crippen LogP contribution is 2.49. The lowest BCUT2D eigenvalue weighted by Gasteiger charge is -2.20. The van der Waals surface area contributed by atoms with Crippen LogP contribution in [-0.2, 0) is 0 Å². The van der Waals surface area contributed by atoms with Gasteiger partial charge in [-0.1, -0.05) is 0 Å². The molecule has 0 atom stereocenters. The monoisotopic (exact) mass is 245 g/mol. The lowest BCUT2D eigenvalue weighted by Crippen LogP contribution is -2.47. The van der Waals surface area contributed by atoms with Gasteiger partial charge in [-0.05, 0) is 25.0 Å². The molecule has 1 aliphatic rings. The van der Waals surface area contributed by atoms with Crippen LogP contribution in [0.4, 0.5) is 19.0 Å². The van der Waals surface area contributed by atoms with Crippen LogP contribution in [0.2, 0.25) is 0 Å². The van der Waals surface area contributed by atoms with Crippen molar-refractivity contribution < 1.29 is 18.0 Å². The fraction of sp³-hybridized carbons (Fsp3) is 0.400. The summed E-state index contributed by atoms with van der Waals surface area (Å²) in [5, 5.41) is 2.00. The summed E-state index contributed by atoms with van der Waals surface area (Å²) in [6.45, 7) is 0. The topological polar surface area (TPSA) is 68.0 Å². The molecule has 1 aliphatic carbocycles. The molecule has 1 amide bonds. The van der Waals surface area contributed by atoms with E-state index in [1.54, 1.807) is 0 Å². The summed E-state index contributed by atoms with van der Waals surface area (Å²) in [5.41, 5.74) is 3.37. The summed E-state index contributed by atoms with van der Waals surface area (Å²) >= 11 is 0. The zero-order valence-corrected chi connectivity index (χ0v) is 8.71. The summed E-state index contributed by atoms with van der Waals surface area (Å²) in [4.78, 5) is 15.3. The third-order valence-corrected chi connectivity index (χ3v) is 2.69. The van der Waals surface area contributed by atoms with E-state index in [1.807, 2.05) is 5.32 Å². The Morgan fingerprint density at radius 2 is 2.12 bits per heavy atom. The minimum atomic E-state index is -4.42. The Kier molecular flexibility index (Phi) is 2.48. The lowest BCUT2D eigenvalue weighted by molar-refractivity contribution is -0.163. The van der Waals surface area contributed by atoms with Gasteiger partial charge in [0.1, 0.15) is 11.4 Å². The summed E-state index contributed by atoms with van der Waals surface area (Å²) in [6.07, 6.45) is -3.30. The number of pyridine rings is 1. The van der Waals surface area contributed by atoms with Gasteiger partial charge < -0.3 is 11.1 Å². The second-order valence-corrected chi connectivity index (χ2v) is 4.00. The predicted octanol–water partition coefficient (Wildman–Crippen LogP) is 1.49. The number of nitrogens with two attached hydrogens (primary N) is 1. The number of anilines is 1. The van der Waals surface area contributed by atoms with E-state index in [9.17, 15) is 18.0 Å². The fourth-order valence-corrected chi connectivity index (χ4v) is 1.48. The molecule has 0 aromatic carbocycles. The predicted molar refractivity (Wildman–Crippen MR) is 54.1 cm³/mol. The molecule has 0 bridgehead atoms. The Morgan fingerprint density at radius 3 is 2.59 bits per heavy atom. The SMILES string of the molecule is Nc1cc(C(=O)NC2(C(F)(F)F)CC2)ccn1. The minimum Gasteiger partial charge on any atom is -0.384 e. The molecule has 92 valence electrons. The Bertz CT molecular complexity index is 454. The van der Waals surface area contributed by atoms with Gasteiger partial charge in [-0.3, -0.25) is 4.79 Å². The molecule has 3 N–H and O–H groups in total. The molecule has 1 aromatic heterocycles. The van der Waals surface area contributed by atoms with E-state index in [0.29, 0.717) is 0 Å². The summed E-state index contributed by atoms with van der Waals surface area (Å²) < 4.78 is 37.8. The number of amides is 1. The van der Waals surface area contributed by atoms with Gasteiger partial charge >= 0.3 is 6.18 Å². The van der Waals surface area contributed by atoms with Crippen LogP contribution in [0.15, 0.2) is 18.3 Å². The summed E-state index contributed by atoms with van der Waals surface area (Å²) in [7, 11) is 0. The van der Waals surface area contributed by atoms with Gasteiger partial charge in [0.15, 0.2) is 0 Å². The number of halogens is 3. The van der Waals surface area contributed by atoms with Crippen molar-refractivity contribution in [1.82, 2.24) is 10.3 Å². The first-order valence-corrected chi connectivity index (χ1v) is 4.95. The standard InChI is InChI=1S/C10H10F3N3O/c11-10(12,13)9(2-3-9)16-8(17)6-1-4-15-7(14)5-6/h1,4-5H,2-3H2,(H2,14,15)(H,16,17). The molecule has 4 nitrogen and oxygen atoms in total. The number of hydrogen-bond donors (Lipinski definition) is 2. The highest BCUT2D eigenvalue weighted by atomic mass is 19.4. The molecular formula is C10H10F3N3O. The van der Waals surface area contributed by atoms with Crippen LogP contribution < -0.4 is 11.1 Å². The molecule has 0 saturated heterocycles. The molecule has 17 heavy (non-hydrogen) atoms. The van der Waals surface area contributed by atoms with Crippen LogP contribution in [0.1, 0.15) is 23.2 Å². The second-order valence-electron chi connectivity index (χ2n) is 4.00. The minimum absolute atomic E-state index is 0.0769. The van der Waals surface area contributed by atoms with Gasteiger partial charge in [-0.15, -0.1) is 0 Å². The van der Waals surface area contributed by atoms with E-state index < -0.39 is 17.6 Å². The van der Waals surface area contributed by atoms with Crippen LogP contribution in [0.25, 0.3) is 0 Å². The number of hydrogen-bond acceptors (Lipinski definition) is 3. The number of nitrogen functional groups attached to an aromatic ring is 1. The maximum atomic E-state index is 12.6. The molecule has 0 aliphatic heterocycles. The van der Waals surface area contributed by atoms with Crippen LogP contribution in [0.5, 0.6) is 0 Å². The molecule has 2 rings (SSSR count). The van der Waals surface area contributed by atoms with E-state index in [1.165, 1.54) is 18.3 Å². The molecule has 1 aromatic rings. The van der Waals surface area contributed by atoms with Crippen molar-refractivity contribution in [3.05, 3.63) is 23.9 Å². The number of aromatic nitrogens is 1. The second kappa shape index (κ2) is 3.61. The molecular weight excluding hydrogens is 235 g/mol. The molecule has 0 unspecified atom stereocenters. The quantitative estimate of drug-likeness (QED) is 0.829. The molecule has 0 radical (unpaired) electrons. The third kappa shape index (κ3) is 2.17. The third-order valence-electron chi connectivity index (χ3n) is 2.69. The molecule has 1 heterocycles. The van der Waals surface area contributed by atoms with Gasteiger partial charge in [0.2, 0.25) is 0 Å². The van der Waals surface area contributed by atoms with Crippen LogP contribution in [0, 0.1) is 0 Å². The van der Waals surface area contributed by atoms with E-state index >= 15 is 0 Å². The number of carbonyl (C=O) groups is 1. The van der Waals surface area contributed by atoms with E-state index in [4.69, 9.17) is 5.73 Å². The summed E-state index contributed by atoms with van der Waals surface area (Å²) in [6, 6.07) is 2.56. The van der Waals surface area contributed by atoms with Gasteiger partial charge in [-0.25, -0.2) is 4.98 Å². The number of nitrogens with zero attached hydrogens (tertiary/aromatic N) is 1. The first-order chi connectivity index (χ1) is 7.84. The number of rotatable bonds is 2. The zero-order chi connectivity index (χ0) is 12.7. The Labute approximate surface area is 95.0 Å². The van der Waals surface area contributed by atoms with Crippen LogP contribution >= 0.6 is 0 Å². The van der Waals surface area contributed by atoms with E-state index in [-0.39, 0.29) is 24.2 Å². The Balaban J connectivity index is 2.13. The van der Waals surface area contributed by atoms with Gasteiger partial charge in [0.05, 0.1) is 0 Å². The largest absolute Gasteiger partial charge is 0.411 e. The van der Waals surface area contributed by atoms with Gasteiger partial charge in [0, 0.05) is 11.8 Å². The summed E-state index contributed by atoms with van der Waals surface area (Å²) in [5.74, 6) is -0.691. The Hall–Kier alpha value is -1.79. The molecule has 7 heteroatoms. The van der Waals surface area contributed by atoms with Gasteiger partial charge in [-0.2, -0.15) is 13.2 Å². The molecule has 1 saturated carbocycles. The van der Waals surface area contributed by atoms with Crippen molar-refractivity contribution >= 4 is 11.7 Å². The first kappa shape index (κ1) is 11.7. The van der Waals surface area contributed by atoms with Crippen molar-refractivity contribution in [3.8, 4) is 0 Å². The number of carbonyl (C=O) groups excluding carboxylic acids is 1. The van der Waals surface area contributed by atoms with Crippen LogP contribution in [0.3, 0.4) is 0 Å². The van der Waals surface area contributed by atoms with Gasteiger partial charge in [0.25, 0.3) is 5.91 Å². The fourth-order valence-electron chi connectivity index (χ4n) is 1.48. The Morgan fingerprint density at radius 1 is 1.47 bits per heavy atom. The molecule has 0 spiro atoms. The van der Waals surface area contributed by atoms with Crippen molar-refractivity contribution in [2.24, 2.45) is 0 Å². The van der Waals surface area contributed by atoms with Crippen molar-refractivity contribution in [2.45, 2.75) is 24.6 Å². The smallest absolute Gasteiger partial charge is 0.384 e. The maximum absolute atomic E-state index is 12.6. The van der Waals surface area contributed by atoms with E-state index in [0.717, 1.165) is 0 Å². The normalized spacial score (nSPS) is 17.6. The van der Waals surface area contributed by atoms with E-state index in [2.05, 4.69) is 4.98 Å². The zero-order valence-electron chi connectivity index (χ0n) is 8.71. The first-order valence-electron chi connectivity index (χ1n) is 4.95. The number of alkyl halides is 3. The average molecular weight is 245 g/mol. The number of nitrogens with one attached hydrogen (secondary N) is 1. The van der Waals surface area contributed by atoms with Crippen molar-refractivity contribution in [2.75, 3.05) is 5.73 Å². The van der Waals surface area contributed by atoms with Crippen LogP contribution in [-0.4, -0.2) is 22.6 Å².